The van der Waals surface area contributed by atoms with Crippen molar-refractivity contribution < 1.29 is 42.9 Å². The van der Waals surface area contributed by atoms with Crippen LogP contribution in [0.3, 0.4) is 0 Å². The first-order valence-corrected chi connectivity index (χ1v) is 12.9. The van der Waals surface area contributed by atoms with Crippen LogP contribution in [0, 0.1) is 0 Å². The van der Waals surface area contributed by atoms with E-state index in [1.807, 2.05) is 0 Å². The van der Waals surface area contributed by atoms with E-state index in [4.69, 9.17) is 23.7 Å². The fourth-order valence-corrected chi connectivity index (χ4v) is 3.87. The lowest BCUT2D eigenvalue weighted by atomic mass is 10.1. The van der Waals surface area contributed by atoms with E-state index in [0.717, 1.165) is 0 Å². The highest BCUT2D eigenvalue weighted by Gasteiger charge is 2.37. The zero-order valence-electron chi connectivity index (χ0n) is 23.0. The highest BCUT2D eigenvalue weighted by atomic mass is 16.6. The van der Waals surface area contributed by atoms with Crippen LogP contribution in [0.4, 0.5) is 11.4 Å². The molecule has 0 aliphatic carbocycles. The van der Waals surface area contributed by atoms with Crippen molar-refractivity contribution in [3.8, 4) is 0 Å². The predicted molar refractivity (Wildman–Crippen MR) is 147 cm³/mol. The Balaban J connectivity index is 1.71. The van der Waals surface area contributed by atoms with Gasteiger partial charge in [0, 0.05) is 11.1 Å². The average Bonchev–Trinajstić information content (AvgIpc) is 3.53. The number of ketones is 2. The maximum atomic E-state index is 12.9. The molecule has 0 saturated heterocycles. The van der Waals surface area contributed by atoms with Crippen LogP contribution in [0.25, 0.3) is 0 Å². The molecular formula is C30H28N2O9. The molecular weight excluding hydrogens is 532 g/mol. The number of esters is 2. The molecule has 2 aliphatic heterocycles. The molecule has 0 saturated carbocycles. The van der Waals surface area contributed by atoms with Gasteiger partial charge in [-0.3, -0.25) is 9.59 Å². The first kappa shape index (κ1) is 28.9. The van der Waals surface area contributed by atoms with E-state index in [-0.39, 0.29) is 72.5 Å². The zero-order valence-corrected chi connectivity index (χ0v) is 23.0. The van der Waals surface area contributed by atoms with Gasteiger partial charge in [0.05, 0.1) is 24.6 Å². The van der Waals surface area contributed by atoms with Gasteiger partial charge >= 0.3 is 11.9 Å². The second kappa shape index (κ2) is 12.9. The van der Waals surface area contributed by atoms with Gasteiger partial charge in [-0.25, -0.2) is 19.6 Å². The van der Waals surface area contributed by atoms with Crippen molar-refractivity contribution in [1.29, 1.82) is 0 Å². The molecule has 0 radical (unpaired) electrons. The quantitative estimate of drug-likeness (QED) is 0.302. The van der Waals surface area contributed by atoms with Crippen molar-refractivity contribution in [3.63, 3.8) is 0 Å². The van der Waals surface area contributed by atoms with E-state index in [9.17, 15) is 19.2 Å². The molecule has 212 valence electrons. The highest BCUT2D eigenvalue weighted by Crippen LogP contribution is 2.30. The second-order valence-electron chi connectivity index (χ2n) is 8.76. The molecule has 0 atom stereocenters. The Bertz CT molecular complexity index is 1380. The Morgan fingerprint density at radius 3 is 1.34 bits per heavy atom. The van der Waals surface area contributed by atoms with Gasteiger partial charge in [-0.1, -0.05) is 0 Å². The molecule has 2 aromatic rings. The van der Waals surface area contributed by atoms with Crippen molar-refractivity contribution in [2.45, 2.75) is 27.7 Å². The van der Waals surface area contributed by atoms with Crippen LogP contribution in [-0.4, -0.2) is 61.7 Å². The van der Waals surface area contributed by atoms with Gasteiger partial charge in [-0.05, 0) is 76.2 Å². The van der Waals surface area contributed by atoms with Crippen molar-refractivity contribution in [2.75, 3.05) is 26.4 Å². The molecule has 0 bridgehead atoms. The Labute approximate surface area is 236 Å². The number of hydrogen-bond donors (Lipinski definition) is 0. The van der Waals surface area contributed by atoms with Gasteiger partial charge in [0.1, 0.15) is 13.2 Å². The molecule has 2 aliphatic rings. The maximum Gasteiger partial charge on any atom is 0.347 e. The normalized spacial score (nSPS) is 16.5. The summed E-state index contributed by atoms with van der Waals surface area (Å²) in [5, 5.41) is 0. The lowest BCUT2D eigenvalue weighted by molar-refractivity contribution is -0.138. The van der Waals surface area contributed by atoms with E-state index in [1.165, 1.54) is 13.8 Å². The molecule has 0 fully saturated rings. The fraction of sp³-hybridized carbons (Fsp3) is 0.267. The number of carbonyl (C=O) groups is 4. The molecule has 11 nitrogen and oxygen atoms in total. The van der Waals surface area contributed by atoms with E-state index < -0.39 is 11.9 Å². The van der Waals surface area contributed by atoms with E-state index in [2.05, 4.69) is 9.98 Å². The third-order valence-corrected chi connectivity index (χ3v) is 5.88. The van der Waals surface area contributed by atoms with E-state index in [1.54, 1.807) is 62.4 Å². The Morgan fingerprint density at radius 2 is 1.02 bits per heavy atom. The number of benzene rings is 2. The summed E-state index contributed by atoms with van der Waals surface area (Å²) in [6.07, 6.45) is 0. The minimum atomic E-state index is -0.726. The summed E-state index contributed by atoms with van der Waals surface area (Å²) in [4.78, 5) is 57.8. The Hall–Kier alpha value is -5.06. The van der Waals surface area contributed by atoms with E-state index >= 15 is 0 Å². The summed E-state index contributed by atoms with van der Waals surface area (Å²) in [6.45, 7) is 6.07. The third-order valence-electron chi connectivity index (χ3n) is 5.88. The molecule has 0 amide bonds. The summed E-state index contributed by atoms with van der Waals surface area (Å²) >= 11 is 0. The van der Waals surface area contributed by atoms with Gasteiger partial charge in [0.15, 0.2) is 34.2 Å². The van der Waals surface area contributed by atoms with Crippen LogP contribution in [0.1, 0.15) is 48.4 Å². The fourth-order valence-electron chi connectivity index (χ4n) is 3.87. The summed E-state index contributed by atoms with van der Waals surface area (Å²) in [7, 11) is 0. The smallest absolute Gasteiger partial charge is 0.347 e. The lowest BCUT2D eigenvalue weighted by Crippen LogP contribution is -2.16. The largest absolute Gasteiger partial charge is 0.469 e. The molecule has 2 aromatic carbocycles. The summed E-state index contributed by atoms with van der Waals surface area (Å²) in [6, 6.07) is 12.9. The van der Waals surface area contributed by atoms with Crippen LogP contribution in [0.5, 0.6) is 0 Å². The maximum absolute atomic E-state index is 12.9. The van der Waals surface area contributed by atoms with Crippen LogP contribution in [0.2, 0.25) is 0 Å². The first-order valence-electron chi connectivity index (χ1n) is 12.9. The van der Waals surface area contributed by atoms with Gasteiger partial charge in [0.2, 0.25) is 11.8 Å². The van der Waals surface area contributed by atoms with Crippen molar-refractivity contribution >= 4 is 46.7 Å². The molecule has 41 heavy (non-hydrogen) atoms. The number of carbonyl (C=O) groups excluding carboxylic acids is 4. The number of rotatable bonds is 10. The standard InChI is InChI=1S/C30H28N2O9/c1-5-37-29(35)25-23(15-39-27(25)31-21-11-7-19(8-12-21)17(3)33)41-24-16-40-28(26(24)30(36)38-6-2)32-22-13-9-20(10-14-22)18(4)34/h7-14H,5-6,15-16H2,1-4H3. The molecule has 4 rings (SSSR count). The second-order valence-corrected chi connectivity index (χ2v) is 8.76. The first-order chi connectivity index (χ1) is 19.7. The van der Waals surface area contributed by atoms with Gasteiger partial charge in [0.25, 0.3) is 0 Å². The highest BCUT2D eigenvalue weighted by molar-refractivity contribution is 6.20. The molecule has 11 heteroatoms. The zero-order chi connectivity index (χ0) is 29.5. The lowest BCUT2D eigenvalue weighted by Gasteiger charge is -2.09. The molecule has 0 aromatic heterocycles. The van der Waals surface area contributed by atoms with E-state index in [0.29, 0.717) is 22.5 Å². The van der Waals surface area contributed by atoms with Crippen molar-refractivity contribution in [3.05, 3.63) is 82.3 Å². The average molecular weight is 561 g/mol. The van der Waals surface area contributed by atoms with Crippen LogP contribution < -0.4 is 0 Å². The summed E-state index contributed by atoms with van der Waals surface area (Å²) in [5.74, 6) is -1.58. The van der Waals surface area contributed by atoms with Gasteiger partial charge < -0.3 is 23.7 Å². The summed E-state index contributed by atoms with van der Waals surface area (Å²) < 4.78 is 27.8. The minimum absolute atomic E-state index is 0.0364. The van der Waals surface area contributed by atoms with Gasteiger partial charge in [-0.2, -0.15) is 0 Å². The van der Waals surface area contributed by atoms with Crippen LogP contribution >= 0.6 is 0 Å². The third kappa shape index (κ3) is 6.75. The molecule has 2 heterocycles. The minimum Gasteiger partial charge on any atom is -0.469 e. The number of hydrogen-bond acceptors (Lipinski definition) is 11. The summed E-state index contributed by atoms with van der Waals surface area (Å²) in [5.41, 5.74) is 1.80. The van der Waals surface area contributed by atoms with Gasteiger partial charge in [-0.15, -0.1) is 0 Å². The van der Waals surface area contributed by atoms with Crippen LogP contribution in [-0.2, 0) is 33.3 Å². The monoisotopic (exact) mass is 560 g/mol. The van der Waals surface area contributed by atoms with Crippen LogP contribution in [0.15, 0.2) is 81.2 Å². The predicted octanol–water partition coefficient (Wildman–Crippen LogP) is 4.56. The van der Waals surface area contributed by atoms with Crippen molar-refractivity contribution in [1.82, 2.24) is 0 Å². The SMILES string of the molecule is CCOC(=O)C1=C(OC2=C(C(=O)OCC)C(=Nc3ccc(C(C)=O)cc3)OC2)COC1=Nc1ccc(C(C)=O)cc1. The number of ether oxygens (including phenoxy) is 5. The number of nitrogens with zero attached hydrogens (tertiary/aromatic N) is 2. The molecule has 0 spiro atoms. The van der Waals surface area contributed by atoms with Crippen molar-refractivity contribution in [2.24, 2.45) is 9.98 Å². The number of Topliss-reactive ketones (excluding diaryl/α,β-unsaturated/α-hetero) is 2. The molecule has 0 unspecified atom stereocenters. The molecule has 0 N–H and O–H groups in total. The number of aliphatic imine (C=N–C) groups is 2. The Kier molecular flexibility index (Phi) is 9.08. The Morgan fingerprint density at radius 1 is 0.659 bits per heavy atom. The topological polar surface area (TPSA) is 139 Å².